The number of ether oxygens (including phenoxy) is 2. The molecule has 3 unspecified atom stereocenters. The highest BCUT2D eigenvalue weighted by molar-refractivity contribution is 5.80. The van der Waals surface area contributed by atoms with E-state index in [9.17, 15) is 4.79 Å². The van der Waals surface area contributed by atoms with Gasteiger partial charge in [0, 0.05) is 20.2 Å². The van der Waals surface area contributed by atoms with Gasteiger partial charge in [-0.3, -0.25) is 4.79 Å². The molecule has 5 heteroatoms. The number of methoxy groups -OCH3 is 2. The van der Waals surface area contributed by atoms with Crippen LogP contribution in [0.1, 0.15) is 40.0 Å². The molecule has 1 aliphatic heterocycles. The van der Waals surface area contributed by atoms with Crippen molar-refractivity contribution in [2.75, 3.05) is 40.4 Å². The molecule has 0 bridgehead atoms. The molecular formula is C16H32N2O3. The van der Waals surface area contributed by atoms with Gasteiger partial charge in [0.05, 0.1) is 13.2 Å². The Hall–Kier alpha value is -0.650. The second kappa shape index (κ2) is 8.71. The molecule has 0 aromatic rings. The molecule has 0 aliphatic carbocycles. The summed E-state index contributed by atoms with van der Waals surface area (Å²) in [5, 5.41) is 3.34. The Balaban J connectivity index is 2.54. The van der Waals surface area contributed by atoms with Crippen LogP contribution in [0.4, 0.5) is 0 Å². The molecule has 1 N–H and O–H groups in total. The molecule has 0 aromatic carbocycles. The van der Waals surface area contributed by atoms with Gasteiger partial charge in [0.25, 0.3) is 0 Å². The lowest BCUT2D eigenvalue weighted by Crippen LogP contribution is -2.53. The van der Waals surface area contributed by atoms with E-state index in [-0.39, 0.29) is 5.97 Å². The molecule has 1 heterocycles. The van der Waals surface area contributed by atoms with Crippen LogP contribution in [0.3, 0.4) is 0 Å². The van der Waals surface area contributed by atoms with Crippen LogP contribution in [0, 0.1) is 5.92 Å². The minimum absolute atomic E-state index is 0.176. The molecular weight excluding hydrogens is 268 g/mol. The van der Waals surface area contributed by atoms with Crippen LogP contribution in [0.5, 0.6) is 0 Å². The average molecular weight is 300 g/mol. The number of esters is 1. The third-order valence-electron chi connectivity index (χ3n) is 4.61. The molecule has 124 valence electrons. The zero-order valence-corrected chi connectivity index (χ0v) is 14.3. The van der Waals surface area contributed by atoms with Crippen LogP contribution < -0.4 is 5.32 Å². The number of likely N-dealkylation sites (tertiary alicyclic amines) is 1. The average Bonchev–Trinajstić information content (AvgIpc) is 2.51. The van der Waals surface area contributed by atoms with Crippen molar-refractivity contribution in [1.82, 2.24) is 10.2 Å². The minimum atomic E-state index is -0.601. The van der Waals surface area contributed by atoms with Crippen LogP contribution in [-0.2, 0) is 14.3 Å². The van der Waals surface area contributed by atoms with Crippen LogP contribution in [0.25, 0.3) is 0 Å². The van der Waals surface area contributed by atoms with Crippen molar-refractivity contribution in [3.05, 3.63) is 0 Å². The summed E-state index contributed by atoms with van der Waals surface area (Å²) in [6.45, 7) is 10.0. The van der Waals surface area contributed by atoms with Gasteiger partial charge >= 0.3 is 5.97 Å². The Morgan fingerprint density at radius 1 is 1.43 bits per heavy atom. The van der Waals surface area contributed by atoms with E-state index in [2.05, 4.69) is 24.1 Å². The molecule has 21 heavy (non-hydrogen) atoms. The van der Waals surface area contributed by atoms with E-state index in [4.69, 9.17) is 9.47 Å². The van der Waals surface area contributed by atoms with E-state index in [1.54, 1.807) is 7.11 Å². The molecule has 0 saturated carbocycles. The van der Waals surface area contributed by atoms with Crippen LogP contribution in [0.15, 0.2) is 0 Å². The highest BCUT2D eigenvalue weighted by Gasteiger charge is 2.35. The first-order chi connectivity index (χ1) is 9.96. The molecule has 1 saturated heterocycles. The van der Waals surface area contributed by atoms with Gasteiger partial charge in [-0.15, -0.1) is 0 Å². The van der Waals surface area contributed by atoms with Crippen molar-refractivity contribution in [3.8, 4) is 0 Å². The summed E-state index contributed by atoms with van der Waals surface area (Å²) in [5.74, 6) is 0.432. The van der Waals surface area contributed by atoms with Crippen molar-refractivity contribution < 1.29 is 14.3 Å². The number of nitrogens with zero attached hydrogens (tertiary/aromatic N) is 1. The van der Waals surface area contributed by atoms with Gasteiger partial charge in [0.2, 0.25) is 0 Å². The van der Waals surface area contributed by atoms with Gasteiger partial charge in [-0.2, -0.15) is 0 Å². The number of rotatable bonds is 8. The monoisotopic (exact) mass is 300 g/mol. The second-order valence-corrected chi connectivity index (χ2v) is 6.34. The molecule has 0 aromatic heterocycles. The van der Waals surface area contributed by atoms with Crippen LogP contribution in [-0.4, -0.2) is 62.9 Å². The molecule has 5 nitrogen and oxygen atoms in total. The topological polar surface area (TPSA) is 50.8 Å². The van der Waals surface area contributed by atoms with Crippen molar-refractivity contribution in [2.45, 2.75) is 51.7 Å². The lowest BCUT2D eigenvalue weighted by atomic mass is 9.93. The fraction of sp³-hybridized carbons (Fsp3) is 0.938. The Kier molecular flexibility index (Phi) is 7.63. The lowest BCUT2D eigenvalue weighted by molar-refractivity contribution is -0.148. The second-order valence-electron chi connectivity index (χ2n) is 6.34. The normalized spacial score (nSPS) is 26.3. The molecule has 0 radical (unpaired) electrons. The van der Waals surface area contributed by atoms with Crippen molar-refractivity contribution >= 4 is 5.97 Å². The van der Waals surface area contributed by atoms with E-state index < -0.39 is 5.54 Å². The Morgan fingerprint density at radius 3 is 2.71 bits per heavy atom. The van der Waals surface area contributed by atoms with Gasteiger partial charge in [0.15, 0.2) is 0 Å². The highest BCUT2D eigenvalue weighted by Crippen LogP contribution is 2.21. The van der Waals surface area contributed by atoms with Gasteiger partial charge in [-0.05, 0) is 45.2 Å². The third kappa shape index (κ3) is 5.24. The van der Waals surface area contributed by atoms with Crippen LogP contribution >= 0.6 is 0 Å². The Bertz CT molecular complexity index is 325. The summed E-state index contributed by atoms with van der Waals surface area (Å²) >= 11 is 0. The first kappa shape index (κ1) is 18.4. The SMILES string of the molecule is CCCNC(C)(CCN1CCC(C)C(OC)C1)C(=O)OC. The molecule has 1 aliphatic rings. The predicted molar refractivity (Wildman–Crippen MR) is 84.3 cm³/mol. The number of carbonyl (C=O) groups excluding carboxylic acids is 1. The molecule has 3 atom stereocenters. The fourth-order valence-electron chi connectivity index (χ4n) is 2.88. The number of carbonyl (C=O) groups is 1. The van der Waals surface area contributed by atoms with Crippen LogP contribution in [0.2, 0.25) is 0 Å². The minimum Gasteiger partial charge on any atom is -0.468 e. The maximum Gasteiger partial charge on any atom is 0.325 e. The zero-order valence-electron chi connectivity index (χ0n) is 14.3. The predicted octanol–water partition coefficient (Wildman–Crippen LogP) is 1.66. The summed E-state index contributed by atoms with van der Waals surface area (Å²) < 4.78 is 10.5. The number of hydrogen-bond acceptors (Lipinski definition) is 5. The fourth-order valence-corrected chi connectivity index (χ4v) is 2.88. The Labute approximate surface area is 129 Å². The standard InChI is InChI=1S/C16H32N2O3/c1-6-9-17-16(3,15(19)21-5)8-11-18-10-7-13(2)14(12-18)20-4/h13-14,17H,6-12H2,1-5H3. The largest absolute Gasteiger partial charge is 0.468 e. The summed E-state index contributed by atoms with van der Waals surface area (Å²) in [6, 6.07) is 0. The van der Waals surface area contributed by atoms with Crippen molar-refractivity contribution in [2.24, 2.45) is 5.92 Å². The highest BCUT2D eigenvalue weighted by atomic mass is 16.5. The van der Waals surface area contributed by atoms with Gasteiger partial charge in [-0.25, -0.2) is 0 Å². The van der Waals surface area contributed by atoms with Gasteiger partial charge < -0.3 is 19.7 Å². The first-order valence-corrected chi connectivity index (χ1v) is 8.05. The molecule has 0 amide bonds. The molecule has 0 spiro atoms. The zero-order chi connectivity index (χ0) is 15.9. The first-order valence-electron chi connectivity index (χ1n) is 8.05. The van der Waals surface area contributed by atoms with Crippen molar-refractivity contribution in [3.63, 3.8) is 0 Å². The number of piperidine rings is 1. The van der Waals surface area contributed by atoms with E-state index in [0.29, 0.717) is 12.0 Å². The van der Waals surface area contributed by atoms with E-state index in [1.807, 2.05) is 6.92 Å². The lowest BCUT2D eigenvalue weighted by Gasteiger charge is -2.38. The van der Waals surface area contributed by atoms with Gasteiger partial charge in [0.1, 0.15) is 5.54 Å². The summed E-state index contributed by atoms with van der Waals surface area (Å²) in [5.41, 5.74) is -0.601. The molecule has 1 fully saturated rings. The quantitative estimate of drug-likeness (QED) is 0.691. The van der Waals surface area contributed by atoms with Gasteiger partial charge in [-0.1, -0.05) is 13.8 Å². The summed E-state index contributed by atoms with van der Waals surface area (Å²) in [7, 11) is 3.24. The number of nitrogens with one attached hydrogen (secondary N) is 1. The maximum atomic E-state index is 12.1. The van der Waals surface area contributed by atoms with E-state index in [1.165, 1.54) is 7.11 Å². The number of hydrogen-bond donors (Lipinski definition) is 1. The maximum absolute atomic E-state index is 12.1. The summed E-state index contributed by atoms with van der Waals surface area (Å²) in [6.07, 6.45) is 3.20. The van der Waals surface area contributed by atoms with E-state index >= 15 is 0 Å². The van der Waals surface area contributed by atoms with Crippen molar-refractivity contribution in [1.29, 1.82) is 0 Å². The smallest absolute Gasteiger partial charge is 0.325 e. The third-order valence-corrected chi connectivity index (χ3v) is 4.61. The molecule has 1 rings (SSSR count). The summed E-state index contributed by atoms with van der Waals surface area (Å²) in [4.78, 5) is 14.4. The Morgan fingerprint density at radius 2 is 2.14 bits per heavy atom. The van der Waals surface area contributed by atoms with E-state index in [0.717, 1.165) is 45.4 Å².